The van der Waals surface area contributed by atoms with E-state index in [-0.39, 0.29) is 12.1 Å². The maximum Gasteiger partial charge on any atom is 0.316 e. The second kappa shape index (κ2) is 9.50. The number of rotatable bonds is 9. The summed E-state index contributed by atoms with van der Waals surface area (Å²) in [5, 5.41) is 11.8. The number of anilines is 1. The van der Waals surface area contributed by atoms with Crippen LogP contribution >= 0.6 is 0 Å². The average molecular weight is 389 g/mol. The maximum atomic E-state index is 12.4. The number of hydrogen-bond acceptors (Lipinski definition) is 6. The summed E-state index contributed by atoms with van der Waals surface area (Å²) in [4.78, 5) is 23.6. The molecule has 8 nitrogen and oxygen atoms in total. The molecule has 1 unspecified atom stereocenters. The van der Waals surface area contributed by atoms with Gasteiger partial charge in [-0.05, 0) is 30.7 Å². The largest absolute Gasteiger partial charge is 0.497 e. The van der Waals surface area contributed by atoms with Crippen LogP contribution in [0.15, 0.2) is 36.4 Å². The molecule has 0 aliphatic carbocycles. The molecule has 28 heavy (non-hydrogen) atoms. The Hall–Kier alpha value is -3.42. The van der Waals surface area contributed by atoms with Gasteiger partial charge in [0.15, 0.2) is 17.2 Å². The zero-order valence-corrected chi connectivity index (χ0v) is 16.1. The monoisotopic (exact) mass is 389 g/mol. The number of nitrogens with one attached hydrogen (secondary N) is 1. The van der Waals surface area contributed by atoms with Crippen LogP contribution in [0, 0.1) is 5.92 Å². The molecule has 1 atom stereocenters. The summed E-state index contributed by atoms with van der Waals surface area (Å²) in [6.07, 6.45) is 0.160. The molecule has 8 heteroatoms. The lowest BCUT2D eigenvalue weighted by Gasteiger charge is -2.17. The minimum absolute atomic E-state index is 0.160. The summed E-state index contributed by atoms with van der Waals surface area (Å²) in [5.41, 5.74) is 0.280. The van der Waals surface area contributed by atoms with Crippen molar-refractivity contribution < 1.29 is 33.6 Å². The van der Waals surface area contributed by atoms with Gasteiger partial charge in [-0.25, -0.2) is 0 Å². The highest BCUT2D eigenvalue weighted by molar-refractivity contribution is 6.04. The molecule has 2 rings (SSSR count). The fraction of sp³-hybridized carbons (Fsp3) is 0.300. The number of hydrogen-bond donors (Lipinski definition) is 2. The number of carboxylic acid groups (broad SMARTS) is 1. The zero-order chi connectivity index (χ0) is 20.7. The lowest BCUT2D eigenvalue weighted by molar-refractivity contribution is -0.145. The highest BCUT2D eigenvalue weighted by Gasteiger charge is 2.25. The van der Waals surface area contributed by atoms with Crippen LogP contribution in [0.4, 0.5) is 5.69 Å². The Bertz CT molecular complexity index is 850. The first-order valence-electron chi connectivity index (χ1n) is 8.55. The van der Waals surface area contributed by atoms with Gasteiger partial charge in [0, 0.05) is 12.1 Å². The van der Waals surface area contributed by atoms with Crippen molar-refractivity contribution in [2.45, 2.75) is 13.3 Å². The Morgan fingerprint density at radius 1 is 0.929 bits per heavy atom. The highest BCUT2D eigenvalue weighted by Crippen LogP contribution is 2.38. The van der Waals surface area contributed by atoms with Gasteiger partial charge in [-0.15, -0.1) is 0 Å². The van der Waals surface area contributed by atoms with Crippen LogP contribution in [0.1, 0.15) is 13.3 Å². The van der Waals surface area contributed by atoms with Crippen molar-refractivity contribution in [3.05, 3.63) is 36.4 Å². The molecule has 2 aromatic rings. The van der Waals surface area contributed by atoms with Gasteiger partial charge < -0.3 is 29.4 Å². The van der Waals surface area contributed by atoms with Crippen LogP contribution in [-0.4, -0.2) is 38.3 Å². The van der Waals surface area contributed by atoms with Crippen LogP contribution in [-0.2, 0) is 9.59 Å². The van der Waals surface area contributed by atoms with Gasteiger partial charge in [-0.2, -0.15) is 0 Å². The van der Waals surface area contributed by atoms with Crippen molar-refractivity contribution in [2.24, 2.45) is 5.92 Å². The van der Waals surface area contributed by atoms with Crippen molar-refractivity contribution in [1.82, 2.24) is 0 Å². The first kappa shape index (κ1) is 20.9. The van der Waals surface area contributed by atoms with Crippen molar-refractivity contribution in [3.8, 4) is 28.7 Å². The molecule has 0 bridgehead atoms. The first-order valence-corrected chi connectivity index (χ1v) is 8.55. The SMILES string of the molecule is CCC(C(=O)O)C(=O)Nc1cc(OC)ccc1Oc1ccc(OC)cc1OC. The molecule has 2 N–H and O–H groups in total. The van der Waals surface area contributed by atoms with Crippen LogP contribution < -0.4 is 24.3 Å². The predicted molar refractivity (Wildman–Crippen MR) is 103 cm³/mol. The topological polar surface area (TPSA) is 103 Å². The molecule has 0 aromatic heterocycles. The van der Waals surface area contributed by atoms with Gasteiger partial charge in [0.2, 0.25) is 5.91 Å². The summed E-state index contributed by atoms with van der Waals surface area (Å²) in [6.45, 7) is 1.63. The van der Waals surface area contributed by atoms with Crippen molar-refractivity contribution in [1.29, 1.82) is 0 Å². The van der Waals surface area contributed by atoms with E-state index in [4.69, 9.17) is 18.9 Å². The van der Waals surface area contributed by atoms with Crippen LogP contribution in [0.5, 0.6) is 28.7 Å². The lowest BCUT2D eigenvalue weighted by atomic mass is 10.1. The van der Waals surface area contributed by atoms with Gasteiger partial charge in [-0.3, -0.25) is 9.59 Å². The Labute approximate surface area is 163 Å². The van der Waals surface area contributed by atoms with Gasteiger partial charge in [0.1, 0.15) is 17.4 Å². The number of carboxylic acids is 1. The Kier molecular flexibility index (Phi) is 7.08. The average Bonchev–Trinajstić information content (AvgIpc) is 2.69. The lowest BCUT2D eigenvalue weighted by Crippen LogP contribution is -2.29. The number of aliphatic carboxylic acids is 1. The van der Waals surface area contributed by atoms with Crippen LogP contribution in [0.3, 0.4) is 0 Å². The first-order chi connectivity index (χ1) is 13.4. The molecule has 0 spiro atoms. The summed E-state index contributed by atoms with van der Waals surface area (Å²) in [5.74, 6) is -0.796. The van der Waals surface area contributed by atoms with Gasteiger partial charge in [0.05, 0.1) is 27.0 Å². The number of methoxy groups -OCH3 is 3. The molecular formula is C20H23NO7. The third-order valence-electron chi connectivity index (χ3n) is 4.06. The number of ether oxygens (including phenoxy) is 4. The molecular weight excluding hydrogens is 366 g/mol. The second-order valence-corrected chi connectivity index (χ2v) is 5.77. The van der Waals surface area contributed by atoms with Gasteiger partial charge in [0.25, 0.3) is 0 Å². The minimum Gasteiger partial charge on any atom is -0.497 e. The molecule has 1 amide bonds. The molecule has 0 fully saturated rings. The fourth-order valence-electron chi connectivity index (χ4n) is 2.49. The minimum atomic E-state index is -1.19. The molecule has 0 saturated heterocycles. The molecule has 0 heterocycles. The predicted octanol–water partition coefficient (Wildman–Crippen LogP) is 3.55. The number of carbonyl (C=O) groups is 2. The quantitative estimate of drug-likeness (QED) is 0.632. The molecule has 0 aliphatic heterocycles. The van der Waals surface area contributed by atoms with Crippen molar-refractivity contribution >= 4 is 17.6 Å². The molecule has 2 aromatic carbocycles. The molecule has 0 aliphatic rings. The van der Waals surface area contributed by atoms with Crippen molar-refractivity contribution in [2.75, 3.05) is 26.6 Å². The van der Waals surface area contributed by atoms with E-state index < -0.39 is 17.8 Å². The number of carbonyl (C=O) groups excluding carboxylic acids is 1. The third-order valence-corrected chi connectivity index (χ3v) is 4.06. The van der Waals surface area contributed by atoms with Gasteiger partial charge in [-0.1, -0.05) is 6.92 Å². The normalized spacial score (nSPS) is 11.3. The highest BCUT2D eigenvalue weighted by atomic mass is 16.5. The van der Waals surface area contributed by atoms with Crippen molar-refractivity contribution in [3.63, 3.8) is 0 Å². The second-order valence-electron chi connectivity index (χ2n) is 5.77. The van der Waals surface area contributed by atoms with E-state index in [0.717, 1.165) is 0 Å². The number of benzene rings is 2. The maximum absolute atomic E-state index is 12.4. The van der Waals surface area contributed by atoms with Gasteiger partial charge >= 0.3 is 5.97 Å². The summed E-state index contributed by atoms with van der Waals surface area (Å²) >= 11 is 0. The van der Waals surface area contributed by atoms with E-state index in [0.29, 0.717) is 28.7 Å². The van der Waals surface area contributed by atoms with E-state index in [1.807, 2.05) is 0 Å². The summed E-state index contributed by atoms with van der Waals surface area (Å²) in [6, 6.07) is 9.86. The molecule has 0 saturated carbocycles. The van der Waals surface area contributed by atoms with E-state index >= 15 is 0 Å². The van der Waals surface area contributed by atoms with Crippen LogP contribution in [0.2, 0.25) is 0 Å². The van der Waals surface area contributed by atoms with E-state index in [9.17, 15) is 14.7 Å². The van der Waals surface area contributed by atoms with E-state index in [1.165, 1.54) is 14.2 Å². The Balaban J connectivity index is 2.37. The van der Waals surface area contributed by atoms with E-state index in [2.05, 4.69) is 5.32 Å². The van der Waals surface area contributed by atoms with E-state index in [1.54, 1.807) is 50.4 Å². The number of amides is 1. The fourth-order valence-corrected chi connectivity index (χ4v) is 2.49. The molecule has 0 radical (unpaired) electrons. The Morgan fingerprint density at radius 2 is 1.54 bits per heavy atom. The van der Waals surface area contributed by atoms with Crippen LogP contribution in [0.25, 0.3) is 0 Å². The standard InChI is InChI=1S/C20H23NO7/c1-5-14(20(23)24)19(22)21-15-10-12(25-2)6-8-16(15)28-17-9-7-13(26-3)11-18(17)27-4/h6-11,14H,5H2,1-4H3,(H,21,22)(H,23,24). The Morgan fingerprint density at radius 3 is 2.07 bits per heavy atom. The summed E-state index contributed by atoms with van der Waals surface area (Å²) < 4.78 is 21.6. The smallest absolute Gasteiger partial charge is 0.316 e. The zero-order valence-electron chi connectivity index (χ0n) is 16.1. The summed E-state index contributed by atoms with van der Waals surface area (Å²) in [7, 11) is 4.52. The third kappa shape index (κ3) is 4.85. The molecule has 150 valence electrons.